The fourth-order valence-corrected chi connectivity index (χ4v) is 4.03. The zero-order valence-electron chi connectivity index (χ0n) is 17.6. The van der Waals surface area contributed by atoms with Gasteiger partial charge in [-0.25, -0.2) is 4.99 Å². The van der Waals surface area contributed by atoms with Gasteiger partial charge >= 0.3 is 0 Å². The molecule has 4 rings (SSSR count). The number of aryl methyl sites for hydroxylation is 2. The summed E-state index contributed by atoms with van der Waals surface area (Å²) in [4.78, 5) is 17.5. The average Bonchev–Trinajstić information content (AvgIpc) is 3.12. The van der Waals surface area contributed by atoms with Crippen molar-refractivity contribution in [3.63, 3.8) is 0 Å². The number of hydrogen-bond acceptors (Lipinski definition) is 4. The van der Waals surface area contributed by atoms with Crippen molar-refractivity contribution >= 4 is 34.6 Å². The molecular weight excluding hydrogens is 404 g/mol. The van der Waals surface area contributed by atoms with Crippen molar-refractivity contribution in [1.29, 1.82) is 0 Å². The highest BCUT2D eigenvalue weighted by atomic mass is 32.2. The van der Waals surface area contributed by atoms with Crippen LogP contribution in [0.25, 0.3) is 6.08 Å². The van der Waals surface area contributed by atoms with E-state index in [1.807, 2.05) is 48.5 Å². The van der Waals surface area contributed by atoms with Gasteiger partial charge in [0, 0.05) is 0 Å². The fraction of sp³-hybridized carbons (Fsp3) is 0.154. The SMILES string of the molecule is CCc1ccc(N=C2NC(=O)/C(=C/c3ccc(OCc4cccc(C)c4)cc3)S2)cc1. The third kappa shape index (κ3) is 5.64. The van der Waals surface area contributed by atoms with E-state index in [2.05, 4.69) is 54.5 Å². The van der Waals surface area contributed by atoms with Gasteiger partial charge in [-0.05, 0) is 72.1 Å². The summed E-state index contributed by atoms with van der Waals surface area (Å²) >= 11 is 1.35. The number of rotatable bonds is 6. The molecule has 0 saturated carbocycles. The topological polar surface area (TPSA) is 50.7 Å². The maximum Gasteiger partial charge on any atom is 0.264 e. The quantitative estimate of drug-likeness (QED) is 0.488. The second-order valence-corrected chi connectivity index (χ2v) is 8.38. The number of amides is 1. The van der Waals surface area contributed by atoms with Crippen molar-refractivity contribution in [2.45, 2.75) is 26.9 Å². The Bertz CT molecular complexity index is 1130. The number of hydrogen-bond donors (Lipinski definition) is 1. The maximum absolute atomic E-state index is 12.3. The summed E-state index contributed by atoms with van der Waals surface area (Å²) in [5.74, 6) is 0.665. The molecule has 0 spiro atoms. The molecule has 0 aliphatic carbocycles. The summed E-state index contributed by atoms with van der Waals surface area (Å²) in [6.07, 6.45) is 2.86. The van der Waals surface area contributed by atoms with Crippen molar-refractivity contribution in [3.05, 3.63) is 100.0 Å². The highest BCUT2D eigenvalue weighted by molar-refractivity contribution is 8.18. The molecule has 1 heterocycles. The molecule has 1 aliphatic heterocycles. The zero-order valence-corrected chi connectivity index (χ0v) is 18.4. The molecule has 1 N–H and O–H groups in total. The van der Waals surface area contributed by atoms with Crippen LogP contribution in [0, 0.1) is 6.92 Å². The van der Waals surface area contributed by atoms with Crippen molar-refractivity contribution < 1.29 is 9.53 Å². The standard InChI is InChI=1S/C26H24N2O2S/c1-3-19-7-11-22(12-8-19)27-26-28-25(29)24(31-26)16-20-9-13-23(14-10-20)30-17-21-6-4-5-18(2)15-21/h4-16H,3,17H2,1-2H3,(H,27,28,29)/b24-16-. The normalized spacial score (nSPS) is 16.0. The van der Waals surface area contributed by atoms with Crippen LogP contribution in [0.2, 0.25) is 0 Å². The van der Waals surface area contributed by atoms with Crippen LogP contribution in [-0.4, -0.2) is 11.1 Å². The van der Waals surface area contributed by atoms with E-state index in [1.54, 1.807) is 0 Å². The lowest BCUT2D eigenvalue weighted by atomic mass is 10.1. The van der Waals surface area contributed by atoms with Gasteiger partial charge in [0.05, 0.1) is 10.6 Å². The number of ether oxygens (including phenoxy) is 1. The van der Waals surface area contributed by atoms with Crippen LogP contribution in [0.15, 0.2) is 82.7 Å². The second-order valence-electron chi connectivity index (χ2n) is 7.35. The maximum atomic E-state index is 12.3. The Morgan fingerprint density at radius 3 is 2.48 bits per heavy atom. The number of carbonyl (C=O) groups excluding carboxylic acids is 1. The van der Waals surface area contributed by atoms with Gasteiger partial charge < -0.3 is 10.1 Å². The predicted molar refractivity (Wildman–Crippen MR) is 129 cm³/mol. The number of aliphatic imine (C=N–C) groups is 1. The van der Waals surface area contributed by atoms with Gasteiger partial charge in [-0.15, -0.1) is 0 Å². The van der Waals surface area contributed by atoms with Gasteiger partial charge in [0.25, 0.3) is 5.91 Å². The van der Waals surface area contributed by atoms with Crippen LogP contribution >= 0.6 is 11.8 Å². The Labute approximate surface area is 187 Å². The minimum atomic E-state index is -0.131. The Hall–Kier alpha value is -3.31. The molecule has 0 unspecified atom stereocenters. The summed E-state index contributed by atoms with van der Waals surface area (Å²) in [5.41, 5.74) is 5.39. The summed E-state index contributed by atoms with van der Waals surface area (Å²) < 4.78 is 5.87. The lowest BCUT2D eigenvalue weighted by Gasteiger charge is -2.07. The molecule has 4 nitrogen and oxygen atoms in total. The van der Waals surface area contributed by atoms with E-state index in [0.29, 0.717) is 16.7 Å². The minimum absolute atomic E-state index is 0.131. The van der Waals surface area contributed by atoms with E-state index in [-0.39, 0.29) is 5.91 Å². The smallest absolute Gasteiger partial charge is 0.264 e. The molecule has 3 aromatic carbocycles. The van der Waals surface area contributed by atoms with E-state index in [9.17, 15) is 4.79 Å². The van der Waals surface area contributed by atoms with E-state index < -0.39 is 0 Å². The van der Waals surface area contributed by atoms with Gasteiger partial charge in [0.1, 0.15) is 12.4 Å². The molecule has 1 amide bonds. The minimum Gasteiger partial charge on any atom is -0.489 e. The molecule has 3 aromatic rings. The molecule has 31 heavy (non-hydrogen) atoms. The number of benzene rings is 3. The van der Waals surface area contributed by atoms with Crippen LogP contribution < -0.4 is 10.1 Å². The molecule has 0 radical (unpaired) electrons. The summed E-state index contributed by atoms with van der Waals surface area (Å²) in [7, 11) is 0. The third-order valence-corrected chi connectivity index (χ3v) is 5.80. The highest BCUT2D eigenvalue weighted by Gasteiger charge is 2.23. The zero-order chi connectivity index (χ0) is 21.6. The fourth-order valence-electron chi connectivity index (χ4n) is 3.18. The predicted octanol–water partition coefficient (Wildman–Crippen LogP) is 6.03. The van der Waals surface area contributed by atoms with Crippen LogP contribution in [0.1, 0.15) is 29.2 Å². The van der Waals surface area contributed by atoms with E-state index in [4.69, 9.17) is 4.74 Å². The van der Waals surface area contributed by atoms with Crippen LogP contribution in [0.3, 0.4) is 0 Å². The van der Waals surface area contributed by atoms with Gasteiger partial charge in [0.2, 0.25) is 0 Å². The largest absolute Gasteiger partial charge is 0.489 e. The second kappa shape index (κ2) is 9.67. The molecule has 0 bridgehead atoms. The molecule has 1 saturated heterocycles. The van der Waals surface area contributed by atoms with E-state index in [0.717, 1.165) is 29.0 Å². The van der Waals surface area contributed by atoms with Crippen LogP contribution in [-0.2, 0) is 17.8 Å². The van der Waals surface area contributed by atoms with Gasteiger partial charge in [-0.2, -0.15) is 0 Å². The van der Waals surface area contributed by atoms with Crippen LogP contribution in [0.5, 0.6) is 5.75 Å². The molecule has 1 fully saturated rings. The summed E-state index contributed by atoms with van der Waals surface area (Å²) in [6.45, 7) is 4.72. The van der Waals surface area contributed by atoms with Crippen LogP contribution in [0.4, 0.5) is 5.69 Å². The Balaban J connectivity index is 1.39. The Morgan fingerprint density at radius 2 is 1.77 bits per heavy atom. The van der Waals surface area contributed by atoms with Crippen molar-refractivity contribution in [1.82, 2.24) is 5.32 Å². The third-order valence-electron chi connectivity index (χ3n) is 4.89. The summed E-state index contributed by atoms with van der Waals surface area (Å²) in [5, 5.41) is 3.43. The number of carbonyl (C=O) groups is 1. The molecule has 5 heteroatoms. The highest BCUT2D eigenvalue weighted by Crippen LogP contribution is 2.28. The van der Waals surface area contributed by atoms with Gasteiger partial charge in [-0.1, -0.05) is 61.0 Å². The monoisotopic (exact) mass is 428 g/mol. The number of nitrogens with one attached hydrogen (secondary N) is 1. The first kappa shape index (κ1) is 20.9. The van der Waals surface area contributed by atoms with E-state index in [1.165, 1.54) is 22.9 Å². The van der Waals surface area contributed by atoms with Crippen molar-refractivity contribution in [2.24, 2.45) is 4.99 Å². The first-order chi connectivity index (χ1) is 15.1. The van der Waals surface area contributed by atoms with E-state index >= 15 is 0 Å². The number of nitrogens with zero attached hydrogens (tertiary/aromatic N) is 1. The lowest BCUT2D eigenvalue weighted by Crippen LogP contribution is -2.19. The molecule has 156 valence electrons. The lowest BCUT2D eigenvalue weighted by molar-refractivity contribution is -0.115. The summed E-state index contributed by atoms with van der Waals surface area (Å²) in [6, 6.07) is 24.1. The number of amidine groups is 1. The van der Waals surface area contributed by atoms with Crippen molar-refractivity contribution in [2.75, 3.05) is 0 Å². The molecule has 1 aliphatic rings. The molecule has 0 aromatic heterocycles. The van der Waals surface area contributed by atoms with Gasteiger partial charge in [-0.3, -0.25) is 4.79 Å². The molecular formula is C26H24N2O2S. The Kier molecular flexibility index (Phi) is 6.53. The molecule has 0 atom stereocenters. The van der Waals surface area contributed by atoms with Gasteiger partial charge in [0.15, 0.2) is 5.17 Å². The number of thioether (sulfide) groups is 1. The average molecular weight is 429 g/mol. The Morgan fingerprint density at radius 1 is 1.00 bits per heavy atom. The first-order valence-electron chi connectivity index (χ1n) is 10.3. The first-order valence-corrected chi connectivity index (χ1v) is 11.1. The van der Waals surface area contributed by atoms with Crippen molar-refractivity contribution in [3.8, 4) is 5.75 Å².